The SMILES string of the molecule is Cc1nc(-c2ccc(CN3CCC(Nc4ccnc(C#N)n4)CC3)cc2)c(-c2ccccc2)n(C)c1=O. The molecule has 0 atom stereocenters. The van der Waals surface area contributed by atoms with Gasteiger partial charge in [0.25, 0.3) is 5.56 Å². The topological polar surface area (TPSA) is 99.7 Å². The van der Waals surface area contributed by atoms with Crippen LogP contribution in [0.1, 0.15) is 29.9 Å². The summed E-state index contributed by atoms with van der Waals surface area (Å²) >= 11 is 0. The highest BCUT2D eigenvalue weighted by Gasteiger charge is 2.20. The number of anilines is 1. The van der Waals surface area contributed by atoms with Gasteiger partial charge in [-0.1, -0.05) is 54.6 Å². The van der Waals surface area contributed by atoms with E-state index in [0.29, 0.717) is 17.6 Å². The molecule has 186 valence electrons. The number of hydrogen-bond acceptors (Lipinski definition) is 7. The lowest BCUT2D eigenvalue weighted by atomic mass is 10.0. The minimum absolute atomic E-state index is 0.0812. The van der Waals surface area contributed by atoms with Crippen LogP contribution in [0.25, 0.3) is 22.5 Å². The number of benzene rings is 2. The fourth-order valence-electron chi connectivity index (χ4n) is 4.86. The van der Waals surface area contributed by atoms with Gasteiger partial charge >= 0.3 is 0 Å². The Morgan fingerprint density at radius 2 is 1.73 bits per heavy atom. The maximum atomic E-state index is 12.6. The number of hydrogen-bond donors (Lipinski definition) is 1. The maximum absolute atomic E-state index is 12.6. The van der Waals surface area contributed by atoms with Gasteiger partial charge in [-0.2, -0.15) is 5.26 Å². The summed E-state index contributed by atoms with van der Waals surface area (Å²) in [6, 6.07) is 22.6. The molecule has 0 unspecified atom stereocenters. The number of rotatable bonds is 6. The van der Waals surface area contributed by atoms with E-state index in [1.807, 2.05) is 43.4 Å². The Morgan fingerprint density at radius 1 is 1.00 bits per heavy atom. The van der Waals surface area contributed by atoms with Crippen molar-refractivity contribution in [3.05, 3.63) is 94.3 Å². The first-order chi connectivity index (χ1) is 18.0. The van der Waals surface area contributed by atoms with Crippen LogP contribution in [0.4, 0.5) is 5.82 Å². The third kappa shape index (κ3) is 5.42. The Bertz CT molecular complexity index is 1480. The Hall–Kier alpha value is -4.35. The number of piperidine rings is 1. The standard InChI is InChI=1S/C29H29N7O/c1-20-29(37)35(2)28(23-6-4-3-5-7-23)27(32-20)22-10-8-21(9-11-22)19-36-16-13-24(14-17-36)33-25-12-15-31-26(18-30)34-25/h3-12,15,24H,13-14,16-17,19H2,1-2H3,(H,31,33,34). The molecule has 0 saturated carbocycles. The molecule has 2 aromatic heterocycles. The summed E-state index contributed by atoms with van der Waals surface area (Å²) in [4.78, 5) is 28.0. The van der Waals surface area contributed by atoms with E-state index in [-0.39, 0.29) is 11.4 Å². The summed E-state index contributed by atoms with van der Waals surface area (Å²) in [7, 11) is 1.81. The molecule has 1 aliphatic rings. The van der Waals surface area contributed by atoms with Crippen molar-refractivity contribution in [2.24, 2.45) is 7.05 Å². The highest BCUT2D eigenvalue weighted by Crippen LogP contribution is 2.30. The van der Waals surface area contributed by atoms with Gasteiger partial charge in [0.2, 0.25) is 5.82 Å². The summed E-state index contributed by atoms with van der Waals surface area (Å²) in [6.07, 6.45) is 3.62. The van der Waals surface area contributed by atoms with Gasteiger partial charge in [0.15, 0.2) is 0 Å². The first kappa shape index (κ1) is 24.3. The molecule has 8 heteroatoms. The molecule has 0 spiro atoms. The van der Waals surface area contributed by atoms with Gasteiger partial charge in [0.05, 0.1) is 11.4 Å². The molecule has 8 nitrogen and oxygen atoms in total. The van der Waals surface area contributed by atoms with Crippen molar-refractivity contribution in [3.63, 3.8) is 0 Å². The zero-order valence-electron chi connectivity index (χ0n) is 21.1. The smallest absolute Gasteiger partial charge is 0.272 e. The second-order valence-electron chi connectivity index (χ2n) is 9.39. The highest BCUT2D eigenvalue weighted by atomic mass is 16.1. The van der Waals surface area contributed by atoms with Crippen molar-refractivity contribution in [1.82, 2.24) is 24.4 Å². The van der Waals surface area contributed by atoms with Gasteiger partial charge in [-0.15, -0.1) is 0 Å². The average molecular weight is 492 g/mol. The lowest BCUT2D eigenvalue weighted by Gasteiger charge is -2.32. The van der Waals surface area contributed by atoms with Crippen LogP contribution in [0.2, 0.25) is 0 Å². The molecule has 1 saturated heterocycles. The third-order valence-electron chi connectivity index (χ3n) is 6.83. The molecule has 4 aromatic rings. The average Bonchev–Trinajstić information content (AvgIpc) is 2.93. The minimum Gasteiger partial charge on any atom is -0.367 e. The van der Waals surface area contributed by atoms with Crippen molar-refractivity contribution < 1.29 is 0 Å². The van der Waals surface area contributed by atoms with Crippen LogP contribution >= 0.6 is 0 Å². The van der Waals surface area contributed by atoms with Crippen LogP contribution in [0.3, 0.4) is 0 Å². The minimum atomic E-state index is -0.0812. The molecule has 37 heavy (non-hydrogen) atoms. The quantitative estimate of drug-likeness (QED) is 0.432. The van der Waals surface area contributed by atoms with E-state index in [1.165, 1.54) is 5.56 Å². The van der Waals surface area contributed by atoms with Crippen LogP contribution in [0.15, 0.2) is 71.7 Å². The summed E-state index contributed by atoms with van der Waals surface area (Å²) in [5.41, 5.74) is 5.25. The van der Waals surface area contributed by atoms with Crippen LogP contribution in [0.5, 0.6) is 0 Å². The fourth-order valence-corrected chi connectivity index (χ4v) is 4.86. The largest absolute Gasteiger partial charge is 0.367 e. The molecule has 0 amide bonds. The molecule has 3 heterocycles. The molecule has 0 bridgehead atoms. The number of aryl methyl sites for hydroxylation is 1. The van der Waals surface area contributed by atoms with E-state index >= 15 is 0 Å². The van der Waals surface area contributed by atoms with E-state index in [2.05, 4.69) is 44.5 Å². The zero-order chi connectivity index (χ0) is 25.8. The van der Waals surface area contributed by atoms with Crippen LogP contribution in [-0.2, 0) is 13.6 Å². The van der Waals surface area contributed by atoms with Crippen LogP contribution in [-0.4, -0.2) is 43.6 Å². The monoisotopic (exact) mass is 491 g/mol. The van der Waals surface area contributed by atoms with E-state index < -0.39 is 0 Å². The summed E-state index contributed by atoms with van der Waals surface area (Å²) in [6.45, 7) is 4.61. The summed E-state index contributed by atoms with van der Waals surface area (Å²) < 4.78 is 1.70. The Kier molecular flexibility index (Phi) is 7.06. The van der Waals surface area contributed by atoms with E-state index in [9.17, 15) is 4.79 Å². The lowest BCUT2D eigenvalue weighted by molar-refractivity contribution is 0.211. The van der Waals surface area contributed by atoms with Crippen molar-refractivity contribution in [2.45, 2.75) is 32.4 Å². The van der Waals surface area contributed by atoms with Crippen LogP contribution in [0, 0.1) is 18.3 Å². The molecule has 0 radical (unpaired) electrons. The fraction of sp³-hybridized carbons (Fsp3) is 0.276. The Morgan fingerprint density at radius 3 is 2.43 bits per heavy atom. The Labute approximate surface area is 216 Å². The second-order valence-corrected chi connectivity index (χ2v) is 9.39. The molecule has 1 fully saturated rings. The predicted molar refractivity (Wildman–Crippen MR) is 144 cm³/mol. The molecule has 1 N–H and O–H groups in total. The Balaban J connectivity index is 1.27. The number of nitrogens with one attached hydrogen (secondary N) is 1. The highest BCUT2D eigenvalue weighted by molar-refractivity contribution is 5.78. The number of nitriles is 1. The third-order valence-corrected chi connectivity index (χ3v) is 6.83. The lowest BCUT2D eigenvalue weighted by Crippen LogP contribution is -2.38. The van der Waals surface area contributed by atoms with Crippen LogP contribution < -0.4 is 10.9 Å². The van der Waals surface area contributed by atoms with Crippen molar-refractivity contribution in [1.29, 1.82) is 5.26 Å². The van der Waals surface area contributed by atoms with Crippen molar-refractivity contribution in [2.75, 3.05) is 18.4 Å². The van der Waals surface area contributed by atoms with E-state index in [0.717, 1.165) is 55.0 Å². The first-order valence-electron chi connectivity index (χ1n) is 12.5. The number of likely N-dealkylation sites (tertiary alicyclic amines) is 1. The predicted octanol–water partition coefficient (Wildman–Crippen LogP) is 4.16. The van der Waals surface area contributed by atoms with Gasteiger partial charge in [0.1, 0.15) is 17.6 Å². The number of aromatic nitrogens is 4. The molecule has 0 aliphatic carbocycles. The molecular weight excluding hydrogens is 462 g/mol. The van der Waals surface area contributed by atoms with Gasteiger partial charge in [-0.3, -0.25) is 9.69 Å². The summed E-state index contributed by atoms with van der Waals surface area (Å²) in [5, 5.41) is 12.4. The molecular formula is C29H29N7O. The van der Waals surface area contributed by atoms with Gasteiger partial charge in [0, 0.05) is 50.0 Å². The van der Waals surface area contributed by atoms with Crippen molar-refractivity contribution in [3.8, 4) is 28.6 Å². The van der Waals surface area contributed by atoms with E-state index in [4.69, 9.17) is 10.2 Å². The van der Waals surface area contributed by atoms with Gasteiger partial charge < -0.3 is 9.88 Å². The summed E-state index contributed by atoms with van der Waals surface area (Å²) in [5.74, 6) is 0.891. The normalized spacial score (nSPS) is 14.3. The zero-order valence-corrected chi connectivity index (χ0v) is 21.1. The van der Waals surface area contributed by atoms with Crippen molar-refractivity contribution >= 4 is 5.82 Å². The molecule has 2 aromatic carbocycles. The second kappa shape index (κ2) is 10.7. The van der Waals surface area contributed by atoms with Gasteiger partial charge in [-0.05, 0) is 31.4 Å². The first-order valence-corrected chi connectivity index (χ1v) is 12.5. The van der Waals surface area contributed by atoms with Gasteiger partial charge in [-0.25, -0.2) is 15.0 Å². The molecule has 1 aliphatic heterocycles. The molecule has 5 rings (SSSR count). The number of nitrogens with zero attached hydrogens (tertiary/aromatic N) is 6. The van der Waals surface area contributed by atoms with E-state index in [1.54, 1.807) is 23.8 Å². The maximum Gasteiger partial charge on any atom is 0.272 e.